The molecule has 0 unspecified atom stereocenters. The van der Waals surface area contributed by atoms with Gasteiger partial charge in [-0.1, -0.05) is 32.9 Å². The van der Waals surface area contributed by atoms with Crippen LogP contribution in [0.4, 0.5) is 5.13 Å². The molecule has 2 aliphatic rings. The van der Waals surface area contributed by atoms with Crippen molar-refractivity contribution in [2.24, 2.45) is 0 Å². The highest BCUT2D eigenvalue weighted by atomic mass is 32.1. The molecule has 3 heterocycles. The number of thiazole rings is 1. The molecule has 0 spiro atoms. The minimum absolute atomic E-state index is 0.104. The highest BCUT2D eigenvalue weighted by Crippen LogP contribution is 2.41. The zero-order valence-corrected chi connectivity index (χ0v) is 16.7. The molecule has 25 heavy (non-hydrogen) atoms. The van der Waals surface area contributed by atoms with Crippen LogP contribution in [0.3, 0.4) is 0 Å². The third kappa shape index (κ3) is 2.89. The normalized spacial score (nSPS) is 23.3. The number of morpholine rings is 1. The number of aromatic nitrogens is 1. The van der Waals surface area contributed by atoms with Crippen molar-refractivity contribution in [3.05, 3.63) is 34.2 Å². The molecule has 2 fully saturated rings. The predicted octanol–water partition coefficient (Wildman–Crippen LogP) is 5.09. The number of aryl methyl sites for hydroxylation is 1. The zero-order chi connectivity index (χ0) is 17.8. The van der Waals surface area contributed by atoms with Gasteiger partial charge in [-0.2, -0.15) is 0 Å². The Labute approximate surface area is 155 Å². The van der Waals surface area contributed by atoms with Gasteiger partial charge in [0.05, 0.1) is 31.0 Å². The van der Waals surface area contributed by atoms with Gasteiger partial charge in [0.15, 0.2) is 5.13 Å². The molecular weight excluding hydrogens is 328 g/mol. The van der Waals surface area contributed by atoms with Gasteiger partial charge in [0.25, 0.3) is 0 Å². The second-order valence-electron chi connectivity index (χ2n) is 8.53. The summed E-state index contributed by atoms with van der Waals surface area (Å²) in [5.41, 5.74) is 6.70. The summed E-state index contributed by atoms with van der Waals surface area (Å²) in [4.78, 5) is 7.60. The van der Waals surface area contributed by atoms with Crippen LogP contribution in [0.15, 0.2) is 17.5 Å². The molecule has 0 N–H and O–H groups in total. The van der Waals surface area contributed by atoms with Gasteiger partial charge in [0.1, 0.15) is 0 Å². The van der Waals surface area contributed by atoms with E-state index in [1.54, 1.807) is 11.3 Å². The monoisotopic (exact) mass is 356 g/mol. The SMILES string of the molecule is Cc1ccc(-c2csc(N3[C@@H]4CC[C@H]3COC4)n2)c(C(C)(C)C)c1C. The lowest BCUT2D eigenvalue weighted by molar-refractivity contribution is 0.0906. The number of hydrogen-bond acceptors (Lipinski definition) is 4. The summed E-state index contributed by atoms with van der Waals surface area (Å²) in [5, 5.41) is 3.41. The van der Waals surface area contributed by atoms with Gasteiger partial charge in [0.2, 0.25) is 0 Å². The Balaban J connectivity index is 1.75. The van der Waals surface area contributed by atoms with E-state index in [2.05, 4.69) is 57.0 Å². The molecule has 0 saturated carbocycles. The molecule has 3 nitrogen and oxygen atoms in total. The predicted molar refractivity (Wildman–Crippen MR) is 106 cm³/mol. The highest BCUT2D eigenvalue weighted by Gasteiger charge is 2.39. The van der Waals surface area contributed by atoms with E-state index < -0.39 is 0 Å². The zero-order valence-electron chi connectivity index (χ0n) is 15.9. The first-order valence-electron chi connectivity index (χ1n) is 9.29. The molecular formula is C21H28N2OS. The minimum atomic E-state index is 0.104. The lowest BCUT2D eigenvalue weighted by Gasteiger charge is -2.34. The Morgan fingerprint density at radius 3 is 2.44 bits per heavy atom. The van der Waals surface area contributed by atoms with E-state index in [-0.39, 0.29) is 5.41 Å². The van der Waals surface area contributed by atoms with Crippen LogP contribution in [-0.2, 0) is 10.2 Å². The van der Waals surface area contributed by atoms with Crippen molar-refractivity contribution in [1.29, 1.82) is 0 Å². The van der Waals surface area contributed by atoms with Crippen LogP contribution < -0.4 is 4.90 Å². The topological polar surface area (TPSA) is 25.4 Å². The van der Waals surface area contributed by atoms with E-state index in [9.17, 15) is 0 Å². The number of rotatable bonds is 2. The van der Waals surface area contributed by atoms with E-state index in [4.69, 9.17) is 9.72 Å². The highest BCUT2D eigenvalue weighted by molar-refractivity contribution is 7.14. The van der Waals surface area contributed by atoms with Gasteiger partial charge in [0, 0.05) is 10.9 Å². The molecule has 134 valence electrons. The third-order valence-corrected chi connectivity index (χ3v) is 6.57. The Kier molecular flexibility index (Phi) is 4.16. The van der Waals surface area contributed by atoms with Gasteiger partial charge < -0.3 is 9.64 Å². The van der Waals surface area contributed by atoms with E-state index in [1.165, 1.54) is 40.2 Å². The maximum absolute atomic E-state index is 5.73. The number of hydrogen-bond donors (Lipinski definition) is 0. The number of ether oxygens (including phenoxy) is 1. The Morgan fingerprint density at radius 2 is 1.80 bits per heavy atom. The van der Waals surface area contributed by atoms with Gasteiger partial charge in [-0.15, -0.1) is 11.3 Å². The fraction of sp³-hybridized carbons (Fsp3) is 0.571. The summed E-state index contributed by atoms with van der Waals surface area (Å²) in [6, 6.07) is 5.52. The van der Waals surface area contributed by atoms with Crippen LogP contribution in [0, 0.1) is 13.8 Å². The molecule has 1 aromatic heterocycles. The summed E-state index contributed by atoms with van der Waals surface area (Å²) in [5.74, 6) is 0. The van der Waals surface area contributed by atoms with E-state index in [0.29, 0.717) is 12.1 Å². The van der Waals surface area contributed by atoms with Gasteiger partial charge in [-0.25, -0.2) is 4.98 Å². The van der Waals surface area contributed by atoms with Crippen molar-refractivity contribution >= 4 is 16.5 Å². The Hall–Kier alpha value is -1.39. The van der Waals surface area contributed by atoms with Crippen molar-refractivity contribution in [1.82, 2.24) is 4.98 Å². The molecule has 1 aromatic carbocycles. The van der Waals surface area contributed by atoms with Gasteiger partial charge in [-0.3, -0.25) is 0 Å². The Bertz CT molecular complexity index is 774. The molecule has 4 heteroatoms. The molecule has 4 rings (SSSR count). The maximum Gasteiger partial charge on any atom is 0.186 e. The number of nitrogens with zero attached hydrogens (tertiary/aromatic N) is 2. The lowest BCUT2D eigenvalue weighted by atomic mass is 9.79. The molecule has 2 bridgehead atoms. The average Bonchev–Trinajstić information content (AvgIpc) is 3.10. The van der Waals surface area contributed by atoms with Crippen molar-refractivity contribution in [3.8, 4) is 11.3 Å². The second kappa shape index (κ2) is 6.10. The minimum Gasteiger partial charge on any atom is -0.377 e. The summed E-state index contributed by atoms with van der Waals surface area (Å²) < 4.78 is 5.73. The first kappa shape index (κ1) is 17.0. The fourth-order valence-corrected chi connectivity index (χ4v) is 5.41. The van der Waals surface area contributed by atoms with E-state index >= 15 is 0 Å². The third-order valence-electron chi connectivity index (χ3n) is 5.72. The lowest BCUT2D eigenvalue weighted by Crippen LogP contribution is -2.45. The molecule has 0 radical (unpaired) electrons. The summed E-state index contributed by atoms with van der Waals surface area (Å²) in [6.07, 6.45) is 2.47. The maximum atomic E-state index is 5.73. The van der Waals surface area contributed by atoms with Crippen molar-refractivity contribution in [2.45, 2.75) is 65.0 Å². The largest absolute Gasteiger partial charge is 0.377 e. The molecule has 0 amide bonds. The average molecular weight is 357 g/mol. The quantitative estimate of drug-likeness (QED) is 0.749. The first-order valence-corrected chi connectivity index (χ1v) is 10.2. The summed E-state index contributed by atoms with van der Waals surface area (Å²) >= 11 is 1.79. The second-order valence-corrected chi connectivity index (χ2v) is 9.36. The van der Waals surface area contributed by atoms with Crippen LogP contribution >= 0.6 is 11.3 Å². The number of fused-ring (bicyclic) bond motifs is 2. The van der Waals surface area contributed by atoms with Crippen LogP contribution in [0.1, 0.15) is 50.3 Å². The number of anilines is 1. The first-order chi connectivity index (χ1) is 11.9. The van der Waals surface area contributed by atoms with Crippen LogP contribution in [0.25, 0.3) is 11.3 Å². The van der Waals surface area contributed by atoms with Crippen molar-refractivity contribution in [2.75, 3.05) is 18.1 Å². The molecule has 2 saturated heterocycles. The van der Waals surface area contributed by atoms with E-state index in [0.717, 1.165) is 18.9 Å². The summed E-state index contributed by atoms with van der Waals surface area (Å²) in [7, 11) is 0. The van der Waals surface area contributed by atoms with Crippen molar-refractivity contribution < 1.29 is 4.74 Å². The molecule has 2 aromatic rings. The van der Waals surface area contributed by atoms with Gasteiger partial charge in [-0.05, 0) is 48.8 Å². The number of benzene rings is 1. The smallest absolute Gasteiger partial charge is 0.186 e. The van der Waals surface area contributed by atoms with Crippen LogP contribution in [0.2, 0.25) is 0 Å². The summed E-state index contributed by atoms with van der Waals surface area (Å²) in [6.45, 7) is 13.0. The fourth-order valence-electron chi connectivity index (χ4n) is 4.44. The van der Waals surface area contributed by atoms with Gasteiger partial charge >= 0.3 is 0 Å². The molecule has 2 aliphatic heterocycles. The van der Waals surface area contributed by atoms with E-state index in [1.807, 2.05) is 0 Å². The standard InChI is InChI=1S/C21H28N2OS/c1-13-6-9-17(19(14(13)2)21(3,4)5)18-12-25-20(22-18)23-15-7-8-16(23)11-24-10-15/h6,9,12,15-16H,7-8,10-11H2,1-5H3/t15-,16+. The molecule has 0 aliphatic carbocycles. The van der Waals surface area contributed by atoms with Crippen molar-refractivity contribution in [3.63, 3.8) is 0 Å². The molecule has 2 atom stereocenters. The Morgan fingerprint density at radius 1 is 1.12 bits per heavy atom. The van der Waals surface area contributed by atoms with Crippen LogP contribution in [-0.4, -0.2) is 30.3 Å². The van der Waals surface area contributed by atoms with Crippen LogP contribution in [0.5, 0.6) is 0 Å².